The van der Waals surface area contributed by atoms with Gasteiger partial charge < -0.3 is 9.64 Å². The first-order chi connectivity index (χ1) is 14.6. The Labute approximate surface area is 182 Å². The molecule has 3 aliphatic rings. The Bertz CT molecular complexity index is 882. The zero-order chi connectivity index (χ0) is 22.3. The first-order valence-corrected chi connectivity index (χ1v) is 12.9. The molecular formula is C22H31F3N2O3S. The fourth-order valence-electron chi connectivity index (χ4n) is 5.18. The lowest BCUT2D eigenvalue weighted by Crippen LogP contribution is -2.50. The average Bonchev–Trinajstić information content (AvgIpc) is 3.08. The standard InChI is InChI=1S/C22H31F3N2O3S/c1-26-11-8-21(9-12-26)7-2-10-27(21)16-17-3-4-18(22(23,24)25)15-20(17)30-19-5-13-31(28,29)14-6-19/h3-4,15,19H,2,5-14,16H2,1H3. The molecule has 3 aliphatic heterocycles. The van der Waals surface area contributed by atoms with Gasteiger partial charge in [0.25, 0.3) is 0 Å². The van der Waals surface area contributed by atoms with Crippen molar-refractivity contribution in [1.29, 1.82) is 0 Å². The van der Waals surface area contributed by atoms with Crippen molar-refractivity contribution in [2.45, 2.75) is 62.9 Å². The van der Waals surface area contributed by atoms with Gasteiger partial charge >= 0.3 is 6.18 Å². The minimum absolute atomic E-state index is 0.0225. The molecule has 3 heterocycles. The molecule has 9 heteroatoms. The van der Waals surface area contributed by atoms with E-state index in [0.717, 1.165) is 63.0 Å². The third kappa shape index (κ3) is 5.20. The van der Waals surface area contributed by atoms with Crippen LogP contribution in [-0.4, -0.2) is 68.0 Å². The Morgan fingerprint density at radius 2 is 1.77 bits per heavy atom. The van der Waals surface area contributed by atoms with E-state index in [9.17, 15) is 21.6 Å². The fraction of sp³-hybridized carbons (Fsp3) is 0.727. The maximum atomic E-state index is 13.4. The van der Waals surface area contributed by atoms with E-state index in [2.05, 4.69) is 16.8 Å². The molecule has 0 unspecified atom stereocenters. The molecule has 1 spiro atoms. The Hall–Kier alpha value is -1.32. The third-order valence-electron chi connectivity index (χ3n) is 7.21. The summed E-state index contributed by atoms with van der Waals surface area (Å²) < 4.78 is 69.5. The van der Waals surface area contributed by atoms with Crippen molar-refractivity contribution in [3.63, 3.8) is 0 Å². The van der Waals surface area contributed by atoms with Crippen molar-refractivity contribution in [1.82, 2.24) is 9.80 Å². The number of nitrogens with zero attached hydrogens (tertiary/aromatic N) is 2. The van der Waals surface area contributed by atoms with Crippen LogP contribution in [0.2, 0.25) is 0 Å². The smallest absolute Gasteiger partial charge is 0.416 e. The molecule has 0 radical (unpaired) electrons. The Balaban J connectivity index is 1.56. The minimum Gasteiger partial charge on any atom is -0.490 e. The fourth-order valence-corrected chi connectivity index (χ4v) is 6.63. The van der Waals surface area contributed by atoms with Crippen molar-refractivity contribution >= 4 is 9.84 Å². The molecule has 0 amide bonds. The van der Waals surface area contributed by atoms with Gasteiger partial charge in [0.1, 0.15) is 11.9 Å². The van der Waals surface area contributed by atoms with Crippen LogP contribution >= 0.6 is 0 Å². The quantitative estimate of drug-likeness (QED) is 0.686. The van der Waals surface area contributed by atoms with Crippen LogP contribution in [0, 0.1) is 0 Å². The van der Waals surface area contributed by atoms with Crippen LogP contribution in [0.4, 0.5) is 13.2 Å². The van der Waals surface area contributed by atoms with Crippen molar-refractivity contribution in [3.05, 3.63) is 29.3 Å². The second-order valence-electron chi connectivity index (χ2n) is 9.34. The van der Waals surface area contributed by atoms with Crippen LogP contribution in [0.25, 0.3) is 0 Å². The van der Waals surface area contributed by atoms with Gasteiger partial charge in [-0.25, -0.2) is 8.42 Å². The maximum Gasteiger partial charge on any atom is 0.416 e. The Morgan fingerprint density at radius 3 is 2.42 bits per heavy atom. The van der Waals surface area contributed by atoms with Gasteiger partial charge in [0.15, 0.2) is 9.84 Å². The number of sulfone groups is 1. The molecule has 0 bridgehead atoms. The van der Waals surface area contributed by atoms with Gasteiger partial charge in [-0.15, -0.1) is 0 Å². The van der Waals surface area contributed by atoms with Crippen LogP contribution in [0.15, 0.2) is 18.2 Å². The average molecular weight is 461 g/mol. The van der Waals surface area contributed by atoms with Gasteiger partial charge in [-0.1, -0.05) is 6.07 Å². The maximum absolute atomic E-state index is 13.4. The van der Waals surface area contributed by atoms with Gasteiger partial charge in [-0.2, -0.15) is 13.2 Å². The van der Waals surface area contributed by atoms with E-state index in [1.54, 1.807) is 6.07 Å². The molecule has 1 aromatic rings. The topological polar surface area (TPSA) is 49.9 Å². The van der Waals surface area contributed by atoms with Crippen molar-refractivity contribution in [3.8, 4) is 5.75 Å². The molecule has 1 aromatic carbocycles. The number of ether oxygens (including phenoxy) is 1. The van der Waals surface area contributed by atoms with Crippen LogP contribution in [0.5, 0.6) is 5.75 Å². The number of benzene rings is 1. The van der Waals surface area contributed by atoms with Crippen molar-refractivity contribution < 1.29 is 26.3 Å². The first-order valence-electron chi connectivity index (χ1n) is 11.1. The van der Waals surface area contributed by atoms with E-state index in [-0.39, 0.29) is 28.9 Å². The minimum atomic E-state index is -4.45. The van der Waals surface area contributed by atoms with Crippen molar-refractivity contribution in [2.75, 3.05) is 38.2 Å². The summed E-state index contributed by atoms with van der Waals surface area (Å²) in [6.07, 6.45) is 0.174. The summed E-state index contributed by atoms with van der Waals surface area (Å²) in [4.78, 5) is 4.76. The monoisotopic (exact) mass is 460 g/mol. The third-order valence-corrected chi connectivity index (χ3v) is 8.93. The molecule has 0 aliphatic carbocycles. The number of hydrogen-bond acceptors (Lipinski definition) is 5. The highest BCUT2D eigenvalue weighted by atomic mass is 32.2. The van der Waals surface area contributed by atoms with Gasteiger partial charge in [0.05, 0.1) is 17.1 Å². The summed E-state index contributed by atoms with van der Waals surface area (Å²) in [5.41, 5.74) is 0.137. The zero-order valence-corrected chi connectivity index (χ0v) is 18.8. The van der Waals surface area contributed by atoms with E-state index in [1.807, 2.05) is 0 Å². The summed E-state index contributed by atoms with van der Waals surface area (Å²) in [5, 5.41) is 0. The van der Waals surface area contributed by atoms with Crippen LogP contribution in [-0.2, 0) is 22.6 Å². The highest BCUT2D eigenvalue weighted by molar-refractivity contribution is 7.91. The molecular weight excluding hydrogens is 429 g/mol. The molecule has 5 nitrogen and oxygen atoms in total. The van der Waals surface area contributed by atoms with Gasteiger partial charge in [0.2, 0.25) is 0 Å². The largest absolute Gasteiger partial charge is 0.490 e. The summed E-state index contributed by atoms with van der Waals surface area (Å²) in [6, 6.07) is 3.76. The van der Waals surface area contributed by atoms with Crippen LogP contribution in [0.3, 0.4) is 0 Å². The predicted octanol–water partition coefficient (Wildman–Crippen LogP) is 3.72. The number of alkyl halides is 3. The lowest BCUT2D eigenvalue weighted by molar-refractivity contribution is -0.137. The lowest BCUT2D eigenvalue weighted by atomic mass is 9.85. The summed E-state index contributed by atoms with van der Waals surface area (Å²) >= 11 is 0. The zero-order valence-electron chi connectivity index (χ0n) is 18.0. The molecule has 0 aromatic heterocycles. The molecule has 0 atom stereocenters. The molecule has 3 fully saturated rings. The summed E-state index contributed by atoms with van der Waals surface area (Å²) in [5.74, 6) is 0.290. The Morgan fingerprint density at radius 1 is 1.10 bits per heavy atom. The number of rotatable bonds is 4. The number of hydrogen-bond donors (Lipinski definition) is 0. The van der Waals surface area contributed by atoms with E-state index >= 15 is 0 Å². The Kier molecular flexibility index (Phi) is 6.31. The highest BCUT2D eigenvalue weighted by Crippen LogP contribution is 2.41. The summed E-state index contributed by atoms with van der Waals surface area (Å²) in [6.45, 7) is 3.56. The highest BCUT2D eigenvalue weighted by Gasteiger charge is 2.43. The number of halogens is 3. The SMILES string of the molecule is CN1CCC2(CCCN2Cc2ccc(C(F)(F)F)cc2OC2CCS(=O)(=O)CC2)CC1. The van der Waals surface area contributed by atoms with Crippen LogP contribution in [0.1, 0.15) is 49.7 Å². The van der Waals surface area contributed by atoms with Crippen molar-refractivity contribution in [2.24, 2.45) is 0 Å². The van der Waals surface area contributed by atoms with Gasteiger partial charge in [0, 0.05) is 17.6 Å². The molecule has 3 saturated heterocycles. The van der Waals surface area contributed by atoms with E-state index in [0.29, 0.717) is 19.4 Å². The van der Waals surface area contributed by atoms with E-state index in [1.165, 1.54) is 0 Å². The first kappa shape index (κ1) is 22.9. The normalized spacial score (nSPS) is 25.2. The lowest BCUT2D eigenvalue weighted by Gasteiger charge is -2.44. The predicted molar refractivity (Wildman–Crippen MR) is 113 cm³/mol. The number of likely N-dealkylation sites (tertiary alicyclic amines) is 2. The van der Waals surface area contributed by atoms with Gasteiger partial charge in [-0.3, -0.25) is 4.90 Å². The molecule has 174 valence electrons. The van der Waals surface area contributed by atoms with E-state index < -0.39 is 21.6 Å². The van der Waals surface area contributed by atoms with Gasteiger partial charge in [-0.05, 0) is 77.3 Å². The molecule has 4 rings (SSSR count). The number of piperidine rings is 1. The van der Waals surface area contributed by atoms with E-state index in [4.69, 9.17) is 4.74 Å². The summed E-state index contributed by atoms with van der Waals surface area (Å²) in [7, 11) is -0.940. The second-order valence-corrected chi connectivity index (χ2v) is 11.6. The second kappa shape index (κ2) is 8.56. The molecule has 0 N–H and O–H groups in total. The van der Waals surface area contributed by atoms with Crippen LogP contribution < -0.4 is 4.74 Å². The molecule has 0 saturated carbocycles. The molecule has 31 heavy (non-hydrogen) atoms.